The zero-order chi connectivity index (χ0) is 12.3. The van der Waals surface area contributed by atoms with E-state index >= 15 is 0 Å². The van der Waals surface area contributed by atoms with Crippen molar-refractivity contribution in [2.75, 3.05) is 0 Å². The van der Waals surface area contributed by atoms with Crippen LogP contribution in [-0.4, -0.2) is 18.3 Å². The van der Waals surface area contributed by atoms with Crippen LogP contribution >= 0.6 is 15.9 Å². The van der Waals surface area contributed by atoms with Gasteiger partial charge in [0.25, 0.3) is 0 Å². The molecule has 1 aromatic rings. The minimum atomic E-state index is -3.29. The highest BCUT2D eigenvalue weighted by atomic mass is 79.9. The SMILES string of the molecule is O=S1(=O)c2cc(Br)ccc2[C@H](O)CC12CCC2. The molecule has 1 aliphatic heterocycles. The summed E-state index contributed by atoms with van der Waals surface area (Å²) >= 11 is 3.29. The average Bonchev–Trinajstić information content (AvgIpc) is 2.21. The Morgan fingerprint density at radius 3 is 2.65 bits per heavy atom. The van der Waals surface area contributed by atoms with E-state index in [9.17, 15) is 13.5 Å². The van der Waals surface area contributed by atoms with Crippen LogP contribution in [0.2, 0.25) is 0 Å². The quantitative estimate of drug-likeness (QED) is 0.800. The lowest BCUT2D eigenvalue weighted by molar-refractivity contribution is 0.119. The van der Waals surface area contributed by atoms with Crippen molar-refractivity contribution in [1.82, 2.24) is 0 Å². The van der Waals surface area contributed by atoms with E-state index < -0.39 is 20.7 Å². The Kier molecular flexibility index (Phi) is 2.44. The van der Waals surface area contributed by atoms with E-state index in [1.807, 2.05) is 0 Å². The molecule has 1 aliphatic carbocycles. The molecular weight excluding hydrogens is 304 g/mol. The Bertz CT molecular complexity index is 575. The van der Waals surface area contributed by atoms with Gasteiger partial charge in [0.05, 0.1) is 15.7 Å². The number of hydrogen-bond acceptors (Lipinski definition) is 3. The number of aliphatic hydroxyl groups excluding tert-OH is 1. The molecule has 1 atom stereocenters. The van der Waals surface area contributed by atoms with Crippen LogP contribution in [0.1, 0.15) is 37.4 Å². The highest BCUT2D eigenvalue weighted by Gasteiger charge is 2.54. The van der Waals surface area contributed by atoms with E-state index in [1.54, 1.807) is 18.2 Å². The van der Waals surface area contributed by atoms with E-state index in [1.165, 1.54) is 0 Å². The Morgan fingerprint density at radius 2 is 2.06 bits per heavy atom. The summed E-state index contributed by atoms with van der Waals surface area (Å²) in [4.78, 5) is 0.310. The summed E-state index contributed by atoms with van der Waals surface area (Å²) in [6, 6.07) is 5.09. The van der Waals surface area contributed by atoms with Gasteiger partial charge in [0.2, 0.25) is 0 Å². The molecule has 0 amide bonds. The zero-order valence-electron chi connectivity index (χ0n) is 9.19. The fourth-order valence-corrected chi connectivity index (χ4v) is 5.84. The molecule has 1 heterocycles. The summed E-state index contributed by atoms with van der Waals surface area (Å²) < 4.78 is 25.2. The predicted molar refractivity (Wildman–Crippen MR) is 67.5 cm³/mol. The Balaban J connectivity index is 2.26. The van der Waals surface area contributed by atoms with E-state index in [0.717, 1.165) is 10.9 Å². The van der Waals surface area contributed by atoms with Gasteiger partial charge in [-0.25, -0.2) is 8.42 Å². The number of rotatable bonds is 0. The van der Waals surface area contributed by atoms with Gasteiger partial charge in [-0.2, -0.15) is 0 Å². The zero-order valence-corrected chi connectivity index (χ0v) is 11.6. The number of benzene rings is 1. The summed E-state index contributed by atoms with van der Waals surface area (Å²) in [6.45, 7) is 0. The Hall–Kier alpha value is -0.390. The van der Waals surface area contributed by atoms with Crippen LogP contribution in [0.5, 0.6) is 0 Å². The number of hydrogen-bond donors (Lipinski definition) is 1. The molecule has 5 heteroatoms. The maximum Gasteiger partial charge on any atom is 0.184 e. The second-order valence-corrected chi connectivity index (χ2v) is 8.17. The lowest BCUT2D eigenvalue weighted by Crippen LogP contribution is -2.49. The van der Waals surface area contributed by atoms with Crippen molar-refractivity contribution in [1.29, 1.82) is 0 Å². The van der Waals surface area contributed by atoms with E-state index in [0.29, 0.717) is 29.7 Å². The van der Waals surface area contributed by atoms with Crippen molar-refractivity contribution < 1.29 is 13.5 Å². The third-order valence-corrected chi connectivity index (χ3v) is 7.17. The number of sulfone groups is 1. The monoisotopic (exact) mass is 316 g/mol. The lowest BCUT2D eigenvalue weighted by atomic mass is 9.78. The molecule has 3 rings (SSSR count). The summed E-state index contributed by atoms with van der Waals surface area (Å²) in [5.41, 5.74) is 0.547. The largest absolute Gasteiger partial charge is 0.388 e. The first-order chi connectivity index (χ1) is 7.96. The van der Waals surface area contributed by atoms with Crippen LogP contribution in [0.25, 0.3) is 0 Å². The third kappa shape index (κ3) is 1.45. The molecule has 1 fully saturated rings. The van der Waals surface area contributed by atoms with Crippen molar-refractivity contribution >= 4 is 25.8 Å². The fourth-order valence-electron chi connectivity index (χ4n) is 2.87. The fraction of sp³-hybridized carbons (Fsp3) is 0.500. The number of fused-ring (bicyclic) bond motifs is 1. The minimum absolute atomic E-state index is 0.310. The lowest BCUT2D eigenvalue weighted by Gasteiger charge is -2.45. The first kappa shape index (κ1) is 11.7. The normalized spacial score (nSPS) is 28.5. The van der Waals surface area contributed by atoms with Crippen molar-refractivity contribution in [3.63, 3.8) is 0 Å². The summed E-state index contributed by atoms with van der Waals surface area (Å²) in [6.07, 6.45) is 2.00. The second-order valence-electron chi connectivity index (χ2n) is 4.94. The van der Waals surface area contributed by atoms with E-state index in [4.69, 9.17) is 0 Å². The molecule has 0 bridgehead atoms. The van der Waals surface area contributed by atoms with Crippen LogP contribution in [-0.2, 0) is 9.84 Å². The molecule has 1 N–H and O–H groups in total. The van der Waals surface area contributed by atoms with Gasteiger partial charge in [-0.05, 0) is 37.0 Å². The standard InChI is InChI=1S/C12H13BrO3S/c13-8-2-3-9-10(14)7-12(4-1-5-12)17(15,16)11(9)6-8/h2-3,6,10,14H,1,4-5,7H2/t10-/m1/s1. The first-order valence-electron chi connectivity index (χ1n) is 5.68. The molecule has 0 radical (unpaired) electrons. The van der Waals surface area contributed by atoms with Crippen molar-refractivity contribution in [2.45, 2.75) is 41.4 Å². The maximum absolute atomic E-state index is 12.6. The molecule has 2 aliphatic rings. The molecule has 0 saturated heterocycles. The predicted octanol–water partition coefficient (Wildman–Crippen LogP) is 2.58. The number of halogens is 1. The third-order valence-electron chi connectivity index (χ3n) is 4.02. The smallest absolute Gasteiger partial charge is 0.184 e. The van der Waals surface area contributed by atoms with Crippen LogP contribution in [0, 0.1) is 0 Å². The minimum Gasteiger partial charge on any atom is -0.388 e. The van der Waals surface area contributed by atoms with Crippen LogP contribution < -0.4 is 0 Å². The van der Waals surface area contributed by atoms with Gasteiger partial charge in [0.1, 0.15) is 0 Å². The summed E-state index contributed by atoms with van der Waals surface area (Å²) in [7, 11) is -3.29. The van der Waals surface area contributed by atoms with Crippen molar-refractivity contribution in [2.24, 2.45) is 0 Å². The summed E-state index contributed by atoms with van der Waals surface area (Å²) in [5, 5.41) is 10.1. The van der Waals surface area contributed by atoms with Crippen molar-refractivity contribution in [3.8, 4) is 0 Å². The second kappa shape index (κ2) is 3.56. The van der Waals surface area contributed by atoms with Crippen LogP contribution in [0.3, 0.4) is 0 Å². The number of aliphatic hydroxyl groups is 1. The van der Waals surface area contributed by atoms with Crippen LogP contribution in [0.15, 0.2) is 27.6 Å². The van der Waals surface area contributed by atoms with Crippen molar-refractivity contribution in [3.05, 3.63) is 28.2 Å². The van der Waals surface area contributed by atoms with Gasteiger partial charge < -0.3 is 5.11 Å². The molecule has 1 aromatic carbocycles. The Labute approximate surface area is 109 Å². The van der Waals surface area contributed by atoms with Gasteiger partial charge in [0, 0.05) is 4.47 Å². The molecule has 0 unspecified atom stereocenters. The molecule has 3 nitrogen and oxygen atoms in total. The molecular formula is C12H13BrO3S. The highest BCUT2D eigenvalue weighted by molar-refractivity contribution is 9.10. The highest BCUT2D eigenvalue weighted by Crippen LogP contribution is 2.53. The van der Waals surface area contributed by atoms with Crippen LogP contribution in [0.4, 0.5) is 0 Å². The molecule has 17 heavy (non-hydrogen) atoms. The first-order valence-corrected chi connectivity index (χ1v) is 7.96. The molecule has 92 valence electrons. The van der Waals surface area contributed by atoms with Gasteiger partial charge in [-0.15, -0.1) is 0 Å². The summed E-state index contributed by atoms with van der Waals surface area (Å²) in [5.74, 6) is 0. The topological polar surface area (TPSA) is 54.4 Å². The maximum atomic E-state index is 12.6. The van der Waals surface area contributed by atoms with Gasteiger partial charge in [-0.1, -0.05) is 28.4 Å². The Morgan fingerprint density at radius 1 is 1.35 bits per heavy atom. The van der Waals surface area contributed by atoms with E-state index in [-0.39, 0.29) is 0 Å². The van der Waals surface area contributed by atoms with Gasteiger partial charge in [-0.3, -0.25) is 0 Å². The van der Waals surface area contributed by atoms with E-state index in [2.05, 4.69) is 15.9 Å². The van der Waals surface area contributed by atoms with Gasteiger partial charge >= 0.3 is 0 Å². The van der Waals surface area contributed by atoms with Gasteiger partial charge in [0.15, 0.2) is 9.84 Å². The average molecular weight is 317 g/mol. The molecule has 0 aromatic heterocycles. The molecule has 1 saturated carbocycles. The molecule has 1 spiro atoms.